The summed E-state index contributed by atoms with van der Waals surface area (Å²) in [5, 5.41) is 20.3. The van der Waals surface area contributed by atoms with E-state index < -0.39 is 23.5 Å². The van der Waals surface area contributed by atoms with Gasteiger partial charge in [-0.1, -0.05) is 18.2 Å². The molecular formula is C27H21F4N7O3S. The lowest BCUT2D eigenvalue weighted by atomic mass is 10.1. The average molecular weight is 600 g/mol. The van der Waals surface area contributed by atoms with Crippen LogP contribution in [-0.4, -0.2) is 41.0 Å². The molecule has 0 aliphatic heterocycles. The van der Waals surface area contributed by atoms with E-state index in [0.717, 1.165) is 46.9 Å². The van der Waals surface area contributed by atoms with Crippen LogP contribution in [0.1, 0.15) is 34.0 Å². The Hall–Kier alpha value is -5.05. The number of H-pyrrole nitrogens is 1. The monoisotopic (exact) mass is 599 g/mol. The van der Waals surface area contributed by atoms with Crippen LogP contribution in [0.15, 0.2) is 58.5 Å². The summed E-state index contributed by atoms with van der Waals surface area (Å²) in [7, 11) is 0. The lowest BCUT2D eigenvalue weighted by Gasteiger charge is -2.04. The number of alkyl halides is 2. The number of benzene rings is 2. The number of aromatic nitrogens is 6. The second-order valence-corrected chi connectivity index (χ2v) is 10.1. The Kier molecular flexibility index (Phi) is 7.51. The average Bonchev–Trinajstić information content (AvgIpc) is 3.69. The third-order valence-corrected chi connectivity index (χ3v) is 6.70. The Morgan fingerprint density at radius 3 is 2.55 bits per heavy atom. The first-order valence-electron chi connectivity index (χ1n) is 12.2. The molecule has 0 saturated heterocycles. The van der Waals surface area contributed by atoms with Crippen molar-refractivity contribution in [3.63, 3.8) is 0 Å². The highest BCUT2D eigenvalue weighted by atomic mass is 32.1. The van der Waals surface area contributed by atoms with Crippen molar-refractivity contribution in [3.05, 3.63) is 88.0 Å². The number of carboxylic acid groups (broad SMARTS) is 1. The van der Waals surface area contributed by atoms with Crippen LogP contribution in [0.2, 0.25) is 0 Å². The Labute approximate surface area is 238 Å². The minimum Gasteiger partial charge on any atom is -0.476 e. The molecule has 0 aliphatic carbocycles. The van der Waals surface area contributed by atoms with Crippen molar-refractivity contribution in [1.82, 2.24) is 29.9 Å². The number of aromatic carboxylic acids is 1. The SMILES string of the molecule is CC(F)(F)c1csc(Cn2ncc(-c3c(N)[nH]c4ccccc34)n2)n1.Cc1nc(C(=O)O)c(-c2cc(F)cc(F)c2)o1. The zero-order valence-corrected chi connectivity index (χ0v) is 22.7. The van der Waals surface area contributed by atoms with Gasteiger partial charge in [0.2, 0.25) is 0 Å². The molecule has 0 atom stereocenters. The molecule has 0 fully saturated rings. The van der Waals surface area contributed by atoms with Gasteiger partial charge in [-0.3, -0.25) is 0 Å². The lowest BCUT2D eigenvalue weighted by molar-refractivity contribution is 0.0132. The number of thiazole rings is 1. The van der Waals surface area contributed by atoms with E-state index in [9.17, 15) is 22.4 Å². The van der Waals surface area contributed by atoms with Gasteiger partial charge in [-0.15, -0.1) is 11.3 Å². The number of nitrogens with two attached hydrogens (primary N) is 1. The van der Waals surface area contributed by atoms with Crippen LogP contribution in [0.3, 0.4) is 0 Å². The highest BCUT2D eigenvalue weighted by Crippen LogP contribution is 2.33. The van der Waals surface area contributed by atoms with Crippen LogP contribution in [0.5, 0.6) is 0 Å². The number of oxazole rings is 1. The number of carboxylic acids is 1. The van der Waals surface area contributed by atoms with Gasteiger partial charge in [-0.25, -0.2) is 23.5 Å². The fraction of sp³-hybridized carbons (Fsp3) is 0.148. The lowest BCUT2D eigenvalue weighted by Crippen LogP contribution is -2.09. The number of para-hydroxylation sites is 1. The van der Waals surface area contributed by atoms with E-state index in [1.54, 1.807) is 6.20 Å². The molecule has 4 heterocycles. The number of hydrogen-bond donors (Lipinski definition) is 3. The van der Waals surface area contributed by atoms with Gasteiger partial charge >= 0.3 is 5.97 Å². The molecule has 42 heavy (non-hydrogen) atoms. The number of aryl methyl sites for hydroxylation is 1. The molecule has 216 valence electrons. The molecule has 2 aromatic carbocycles. The normalized spacial score (nSPS) is 11.5. The summed E-state index contributed by atoms with van der Waals surface area (Å²) in [5.74, 6) is -5.43. The molecule has 0 aliphatic rings. The molecular weight excluding hydrogens is 578 g/mol. The predicted octanol–water partition coefficient (Wildman–Crippen LogP) is 6.25. The Morgan fingerprint density at radius 1 is 1.17 bits per heavy atom. The fourth-order valence-corrected chi connectivity index (χ4v) is 4.93. The maximum atomic E-state index is 13.3. The second-order valence-electron chi connectivity index (χ2n) is 9.11. The Bertz CT molecular complexity index is 1880. The van der Waals surface area contributed by atoms with Gasteiger partial charge in [0.1, 0.15) is 40.4 Å². The van der Waals surface area contributed by atoms with Gasteiger partial charge in [-0.2, -0.15) is 23.8 Å². The van der Waals surface area contributed by atoms with Crippen molar-refractivity contribution in [2.75, 3.05) is 5.73 Å². The molecule has 0 unspecified atom stereocenters. The summed E-state index contributed by atoms with van der Waals surface area (Å²) >= 11 is 1.16. The van der Waals surface area contributed by atoms with E-state index in [4.69, 9.17) is 15.3 Å². The van der Waals surface area contributed by atoms with Crippen LogP contribution in [0, 0.1) is 18.6 Å². The van der Waals surface area contributed by atoms with Gasteiger partial charge in [0.25, 0.3) is 5.92 Å². The molecule has 4 N–H and O–H groups in total. The zero-order chi connectivity index (χ0) is 30.2. The van der Waals surface area contributed by atoms with Crippen LogP contribution >= 0.6 is 11.3 Å². The Balaban J connectivity index is 0.000000181. The number of carbonyl (C=O) groups is 1. The van der Waals surface area contributed by atoms with E-state index >= 15 is 0 Å². The van der Waals surface area contributed by atoms with Gasteiger partial charge in [0.15, 0.2) is 17.3 Å². The summed E-state index contributed by atoms with van der Waals surface area (Å²) in [4.78, 5) is 23.0. The second kappa shape index (κ2) is 11.1. The van der Waals surface area contributed by atoms with Gasteiger partial charge in [0.05, 0.1) is 11.8 Å². The highest BCUT2D eigenvalue weighted by Gasteiger charge is 2.27. The maximum Gasteiger partial charge on any atom is 0.358 e. The van der Waals surface area contributed by atoms with Crippen molar-refractivity contribution >= 4 is 34.0 Å². The third-order valence-electron chi connectivity index (χ3n) is 5.87. The minimum absolute atomic E-state index is 0.000463. The number of aromatic amines is 1. The van der Waals surface area contributed by atoms with Crippen LogP contribution in [-0.2, 0) is 12.5 Å². The van der Waals surface area contributed by atoms with Crippen LogP contribution in [0.25, 0.3) is 33.5 Å². The summed E-state index contributed by atoms with van der Waals surface area (Å²) in [6.07, 6.45) is 1.61. The van der Waals surface area contributed by atoms with Gasteiger partial charge < -0.3 is 20.2 Å². The predicted molar refractivity (Wildman–Crippen MR) is 146 cm³/mol. The third kappa shape index (κ3) is 6.00. The molecule has 0 spiro atoms. The number of nitrogens with one attached hydrogen (secondary N) is 1. The number of nitrogen functional groups attached to an aromatic ring is 1. The van der Waals surface area contributed by atoms with E-state index in [0.29, 0.717) is 22.6 Å². The largest absolute Gasteiger partial charge is 0.476 e. The van der Waals surface area contributed by atoms with Crippen molar-refractivity contribution in [1.29, 1.82) is 0 Å². The van der Waals surface area contributed by atoms with Gasteiger partial charge in [0, 0.05) is 41.8 Å². The molecule has 0 saturated carbocycles. The molecule has 0 amide bonds. The van der Waals surface area contributed by atoms with E-state index in [1.807, 2.05) is 24.3 Å². The Morgan fingerprint density at radius 2 is 1.88 bits per heavy atom. The minimum atomic E-state index is -2.95. The van der Waals surface area contributed by atoms with Crippen molar-refractivity contribution in [2.45, 2.75) is 26.3 Å². The number of rotatable bonds is 6. The standard InChI is InChI=1S/C16H14F2N6S.C11H7F2NO3/c1-16(17,18)12-8-25-13(22-12)7-24-20-6-11(23-24)14-9-4-2-3-5-10(9)21-15(14)19;1-5-14-9(11(15)16)10(17-5)6-2-7(12)4-8(13)3-6/h2-6,8,21H,7,19H2,1H3;2-4H,1H3,(H,15,16). The summed E-state index contributed by atoms with van der Waals surface area (Å²) in [5.41, 5.74) is 7.78. The van der Waals surface area contributed by atoms with Gasteiger partial charge in [-0.05, 0) is 18.2 Å². The number of nitrogens with zero attached hydrogens (tertiary/aromatic N) is 5. The van der Waals surface area contributed by atoms with Crippen LogP contribution in [0.4, 0.5) is 23.4 Å². The van der Waals surface area contributed by atoms with E-state index in [2.05, 4.69) is 25.1 Å². The number of halogens is 4. The summed E-state index contributed by atoms with van der Waals surface area (Å²) in [6.45, 7) is 2.50. The molecule has 0 radical (unpaired) electrons. The molecule has 4 aromatic heterocycles. The number of anilines is 1. The molecule has 6 rings (SSSR count). The summed E-state index contributed by atoms with van der Waals surface area (Å²) in [6, 6.07) is 10.4. The van der Waals surface area contributed by atoms with Crippen molar-refractivity contribution < 1.29 is 31.9 Å². The number of hydrogen-bond acceptors (Lipinski definition) is 8. The smallest absolute Gasteiger partial charge is 0.358 e. The molecule has 15 heteroatoms. The number of fused-ring (bicyclic) bond motifs is 1. The quantitative estimate of drug-likeness (QED) is 0.190. The van der Waals surface area contributed by atoms with Crippen LogP contribution < -0.4 is 5.73 Å². The topological polar surface area (TPSA) is 149 Å². The maximum absolute atomic E-state index is 13.3. The highest BCUT2D eigenvalue weighted by molar-refractivity contribution is 7.09. The molecule has 6 aromatic rings. The van der Waals surface area contributed by atoms with Crippen molar-refractivity contribution in [3.8, 4) is 22.6 Å². The van der Waals surface area contributed by atoms with Crippen molar-refractivity contribution in [2.24, 2.45) is 0 Å². The first-order valence-corrected chi connectivity index (χ1v) is 13.0. The summed E-state index contributed by atoms with van der Waals surface area (Å²) < 4.78 is 57.6. The fourth-order valence-electron chi connectivity index (χ4n) is 4.09. The zero-order valence-electron chi connectivity index (χ0n) is 21.9. The van der Waals surface area contributed by atoms with E-state index in [-0.39, 0.29) is 35.1 Å². The molecule has 10 nitrogen and oxygen atoms in total. The first-order chi connectivity index (χ1) is 19.9. The molecule has 0 bridgehead atoms. The van der Waals surface area contributed by atoms with E-state index in [1.165, 1.54) is 17.1 Å². The first kappa shape index (κ1) is 28.5.